The zero-order valence-electron chi connectivity index (χ0n) is 18.7. The summed E-state index contributed by atoms with van der Waals surface area (Å²) in [6.07, 6.45) is 1.70. The van der Waals surface area contributed by atoms with E-state index in [1.807, 2.05) is 12.1 Å². The number of aromatic amines is 1. The second-order valence-corrected chi connectivity index (χ2v) is 7.69. The number of carbonyl (C=O) groups excluding carboxylic acids is 1. The minimum absolute atomic E-state index is 0.172. The van der Waals surface area contributed by atoms with Crippen molar-refractivity contribution in [1.82, 2.24) is 24.4 Å². The van der Waals surface area contributed by atoms with Crippen LogP contribution in [0.1, 0.15) is 21.7 Å². The van der Waals surface area contributed by atoms with Gasteiger partial charge >= 0.3 is 0 Å². The third-order valence-corrected chi connectivity index (χ3v) is 5.65. The molecule has 0 unspecified atom stereocenters. The van der Waals surface area contributed by atoms with Gasteiger partial charge in [-0.15, -0.1) is 0 Å². The van der Waals surface area contributed by atoms with E-state index in [0.717, 1.165) is 5.56 Å². The number of amides is 1. The molecule has 32 heavy (non-hydrogen) atoms. The molecule has 0 saturated carbocycles. The molecule has 10 heteroatoms. The number of carbonyl (C=O) groups is 1. The van der Waals surface area contributed by atoms with Crippen molar-refractivity contribution in [2.24, 2.45) is 0 Å². The van der Waals surface area contributed by atoms with Crippen LogP contribution in [0.3, 0.4) is 0 Å². The number of aromatic nitrogens is 3. The smallest absolute Gasteiger partial charge is 0.274 e. The molecule has 1 saturated heterocycles. The highest BCUT2D eigenvalue weighted by atomic mass is 16.5. The molecule has 2 aromatic heterocycles. The molecule has 3 aromatic rings. The van der Waals surface area contributed by atoms with Crippen molar-refractivity contribution in [1.29, 1.82) is 0 Å². The predicted molar refractivity (Wildman–Crippen MR) is 118 cm³/mol. The molecule has 0 bridgehead atoms. The first-order chi connectivity index (χ1) is 15.4. The van der Waals surface area contributed by atoms with Crippen molar-refractivity contribution in [3.63, 3.8) is 0 Å². The highest BCUT2D eigenvalue weighted by Crippen LogP contribution is 2.40. The van der Waals surface area contributed by atoms with Gasteiger partial charge in [0.25, 0.3) is 11.5 Å². The van der Waals surface area contributed by atoms with Crippen LogP contribution in [-0.2, 0) is 6.54 Å². The summed E-state index contributed by atoms with van der Waals surface area (Å²) in [4.78, 5) is 31.8. The summed E-state index contributed by atoms with van der Waals surface area (Å²) in [6, 6.07) is 5.37. The first-order valence-electron chi connectivity index (χ1n) is 10.3. The quantitative estimate of drug-likeness (QED) is 0.616. The van der Waals surface area contributed by atoms with E-state index >= 15 is 0 Å². The molecule has 1 aliphatic heterocycles. The van der Waals surface area contributed by atoms with Crippen LogP contribution in [0.25, 0.3) is 5.52 Å². The van der Waals surface area contributed by atoms with Crippen molar-refractivity contribution >= 4 is 11.4 Å². The van der Waals surface area contributed by atoms with Gasteiger partial charge in [-0.3, -0.25) is 14.5 Å². The number of nitrogens with zero attached hydrogens (tertiary/aromatic N) is 4. The molecule has 1 amide bonds. The van der Waals surface area contributed by atoms with Gasteiger partial charge in [0, 0.05) is 56.2 Å². The largest absolute Gasteiger partial charge is 0.493 e. The summed E-state index contributed by atoms with van der Waals surface area (Å²) in [7, 11) is 4.79. The predicted octanol–water partition coefficient (Wildman–Crippen LogP) is 1.31. The third kappa shape index (κ3) is 4.01. The van der Waals surface area contributed by atoms with E-state index in [1.165, 1.54) is 4.52 Å². The maximum Gasteiger partial charge on any atom is 0.274 e. The van der Waals surface area contributed by atoms with Crippen molar-refractivity contribution < 1.29 is 19.0 Å². The molecule has 1 aliphatic rings. The van der Waals surface area contributed by atoms with Gasteiger partial charge in [0.15, 0.2) is 17.2 Å². The lowest BCUT2D eigenvalue weighted by Crippen LogP contribution is -2.48. The van der Waals surface area contributed by atoms with Crippen LogP contribution in [0.15, 0.2) is 29.2 Å². The fourth-order valence-electron chi connectivity index (χ4n) is 4.03. The number of H-pyrrole nitrogens is 1. The summed E-state index contributed by atoms with van der Waals surface area (Å²) in [5, 5.41) is 4.30. The van der Waals surface area contributed by atoms with Gasteiger partial charge in [-0.05, 0) is 13.0 Å². The fraction of sp³-hybridized carbons (Fsp3) is 0.409. The second-order valence-electron chi connectivity index (χ2n) is 7.69. The van der Waals surface area contributed by atoms with Gasteiger partial charge in [-0.1, -0.05) is 6.07 Å². The first kappa shape index (κ1) is 21.7. The zero-order valence-corrected chi connectivity index (χ0v) is 18.7. The van der Waals surface area contributed by atoms with Crippen molar-refractivity contribution in [2.75, 3.05) is 47.5 Å². The van der Waals surface area contributed by atoms with E-state index in [2.05, 4.69) is 15.0 Å². The maximum absolute atomic E-state index is 13.0. The highest BCUT2D eigenvalue weighted by molar-refractivity contribution is 5.93. The topological polar surface area (TPSA) is 101 Å². The number of hydrogen-bond acceptors (Lipinski definition) is 7. The molecule has 1 aromatic carbocycles. The molecule has 0 atom stereocenters. The molecular weight excluding hydrogens is 414 g/mol. The third-order valence-electron chi connectivity index (χ3n) is 5.65. The van der Waals surface area contributed by atoms with E-state index in [1.54, 1.807) is 45.4 Å². The van der Waals surface area contributed by atoms with Crippen molar-refractivity contribution in [3.8, 4) is 17.2 Å². The van der Waals surface area contributed by atoms with Gasteiger partial charge in [0.1, 0.15) is 5.52 Å². The van der Waals surface area contributed by atoms with E-state index in [0.29, 0.717) is 61.2 Å². The minimum Gasteiger partial charge on any atom is -0.493 e. The molecule has 4 rings (SSSR count). The Morgan fingerprint density at radius 3 is 2.44 bits per heavy atom. The Labute approximate surface area is 185 Å². The van der Waals surface area contributed by atoms with Crippen LogP contribution in [-0.4, -0.2) is 77.8 Å². The van der Waals surface area contributed by atoms with E-state index in [-0.39, 0.29) is 17.2 Å². The number of piperazine rings is 1. The molecule has 1 N–H and O–H groups in total. The number of fused-ring (bicyclic) bond motifs is 1. The van der Waals surface area contributed by atoms with Crippen LogP contribution in [0.4, 0.5) is 0 Å². The van der Waals surface area contributed by atoms with E-state index in [4.69, 9.17) is 14.2 Å². The van der Waals surface area contributed by atoms with Crippen LogP contribution in [0.5, 0.6) is 17.2 Å². The fourth-order valence-corrected chi connectivity index (χ4v) is 4.03. The summed E-state index contributed by atoms with van der Waals surface area (Å²) in [5.74, 6) is 1.66. The molecule has 170 valence electrons. The number of methoxy groups -OCH3 is 3. The average molecular weight is 441 g/mol. The van der Waals surface area contributed by atoms with Crippen molar-refractivity contribution in [2.45, 2.75) is 13.5 Å². The van der Waals surface area contributed by atoms with Gasteiger partial charge in [-0.2, -0.15) is 5.10 Å². The summed E-state index contributed by atoms with van der Waals surface area (Å²) in [6.45, 7) is 4.98. The SMILES string of the molecule is COc1ccc(CN2CCN(C(=O)c3cc4c(=O)[nH]c(C)cn4n3)CC2)c(OC)c1OC. The van der Waals surface area contributed by atoms with Crippen LogP contribution in [0.2, 0.25) is 0 Å². The lowest BCUT2D eigenvalue weighted by Gasteiger charge is -2.34. The lowest BCUT2D eigenvalue weighted by atomic mass is 10.1. The standard InChI is InChI=1S/C22H27N5O5/c1-14-12-27-17(21(28)23-14)11-16(24-27)22(29)26-9-7-25(8-10-26)13-15-5-6-18(30-2)20(32-4)19(15)31-3/h5-6,11-12H,7-10,13H2,1-4H3,(H,23,28). The second kappa shape index (κ2) is 8.91. The first-order valence-corrected chi connectivity index (χ1v) is 10.3. The lowest BCUT2D eigenvalue weighted by molar-refractivity contribution is 0.0621. The molecular formula is C22H27N5O5. The van der Waals surface area contributed by atoms with Crippen LogP contribution >= 0.6 is 0 Å². The Balaban J connectivity index is 1.44. The number of nitrogens with one attached hydrogen (secondary N) is 1. The van der Waals surface area contributed by atoms with E-state index < -0.39 is 0 Å². The number of benzene rings is 1. The Kier molecular flexibility index (Phi) is 6.04. The molecule has 1 fully saturated rings. The van der Waals surface area contributed by atoms with Gasteiger partial charge in [-0.25, -0.2) is 4.52 Å². The van der Waals surface area contributed by atoms with Crippen molar-refractivity contribution in [3.05, 3.63) is 51.7 Å². The summed E-state index contributed by atoms with van der Waals surface area (Å²) >= 11 is 0. The van der Waals surface area contributed by atoms with E-state index in [9.17, 15) is 9.59 Å². The number of rotatable bonds is 6. The highest BCUT2D eigenvalue weighted by Gasteiger charge is 2.26. The maximum atomic E-state index is 13.0. The number of aryl methyl sites for hydroxylation is 1. The number of hydrogen-bond donors (Lipinski definition) is 1. The Hall–Kier alpha value is -3.53. The Morgan fingerprint density at radius 1 is 1.06 bits per heavy atom. The molecule has 0 spiro atoms. The van der Waals surface area contributed by atoms with Gasteiger partial charge in [0.2, 0.25) is 5.75 Å². The average Bonchev–Trinajstić information content (AvgIpc) is 3.23. The van der Waals surface area contributed by atoms with Gasteiger partial charge < -0.3 is 24.1 Å². The Morgan fingerprint density at radius 2 is 1.78 bits per heavy atom. The number of ether oxygens (including phenoxy) is 3. The summed E-state index contributed by atoms with van der Waals surface area (Å²) in [5.41, 5.74) is 2.04. The molecule has 3 heterocycles. The minimum atomic E-state index is -0.259. The normalized spacial score (nSPS) is 14.6. The molecule has 0 aliphatic carbocycles. The Bertz CT molecular complexity index is 1190. The molecule has 10 nitrogen and oxygen atoms in total. The summed E-state index contributed by atoms with van der Waals surface area (Å²) < 4.78 is 17.9. The van der Waals surface area contributed by atoms with Crippen LogP contribution in [0, 0.1) is 6.92 Å². The van der Waals surface area contributed by atoms with Crippen LogP contribution < -0.4 is 19.8 Å². The monoisotopic (exact) mass is 441 g/mol. The zero-order chi connectivity index (χ0) is 22.8. The molecule has 0 radical (unpaired) electrons. The van der Waals surface area contributed by atoms with Gasteiger partial charge in [0.05, 0.1) is 21.3 Å².